The molecule has 1 aliphatic carbocycles. The number of carbonyl (C=O) groups excluding carboxylic acids is 1. The normalized spacial score (nSPS) is 25.4. The molecule has 2 fully saturated rings. The lowest BCUT2D eigenvalue weighted by Gasteiger charge is -2.34. The highest BCUT2D eigenvalue weighted by atomic mass is 79.9. The van der Waals surface area contributed by atoms with Crippen molar-refractivity contribution >= 4 is 21.8 Å². The largest absolute Gasteiger partial charge is 0.341 e. The SMILES string of the molecule is O=C1CC(CBr)CN1CC1(c2ccccc2)CCCC1. The Labute approximate surface area is 129 Å². The minimum Gasteiger partial charge on any atom is -0.341 e. The molecular weight excluding hydrogens is 314 g/mol. The number of nitrogens with zero attached hydrogens (tertiary/aromatic N) is 1. The molecular formula is C17H22BrNO. The van der Waals surface area contributed by atoms with E-state index in [1.165, 1.54) is 31.2 Å². The molecule has 1 saturated heterocycles. The van der Waals surface area contributed by atoms with Crippen LogP contribution in [0.1, 0.15) is 37.7 Å². The summed E-state index contributed by atoms with van der Waals surface area (Å²) in [6.07, 6.45) is 5.74. The van der Waals surface area contributed by atoms with Crippen molar-refractivity contribution in [3.63, 3.8) is 0 Å². The second-order valence-electron chi connectivity index (χ2n) is 6.35. The van der Waals surface area contributed by atoms with E-state index in [9.17, 15) is 4.79 Å². The number of carbonyl (C=O) groups is 1. The van der Waals surface area contributed by atoms with Crippen molar-refractivity contribution in [3.8, 4) is 0 Å². The van der Waals surface area contributed by atoms with Crippen molar-refractivity contribution in [2.75, 3.05) is 18.4 Å². The number of alkyl halides is 1. The van der Waals surface area contributed by atoms with Crippen LogP contribution in [0.15, 0.2) is 30.3 Å². The molecule has 0 N–H and O–H groups in total. The number of rotatable bonds is 4. The maximum Gasteiger partial charge on any atom is 0.222 e. The Morgan fingerprint density at radius 1 is 1.20 bits per heavy atom. The number of halogens is 1. The summed E-state index contributed by atoms with van der Waals surface area (Å²) < 4.78 is 0. The Bertz CT molecular complexity index is 467. The van der Waals surface area contributed by atoms with Gasteiger partial charge in [0.25, 0.3) is 0 Å². The van der Waals surface area contributed by atoms with Crippen molar-refractivity contribution < 1.29 is 4.79 Å². The van der Waals surface area contributed by atoms with Gasteiger partial charge >= 0.3 is 0 Å². The van der Waals surface area contributed by atoms with E-state index in [1.54, 1.807) is 0 Å². The van der Waals surface area contributed by atoms with Gasteiger partial charge in [-0.1, -0.05) is 59.1 Å². The smallest absolute Gasteiger partial charge is 0.222 e. The van der Waals surface area contributed by atoms with Gasteiger partial charge in [-0.25, -0.2) is 0 Å². The van der Waals surface area contributed by atoms with Gasteiger partial charge < -0.3 is 4.90 Å². The molecule has 1 atom stereocenters. The average Bonchev–Trinajstić information content (AvgIpc) is 3.09. The van der Waals surface area contributed by atoms with Crippen LogP contribution in [0.5, 0.6) is 0 Å². The summed E-state index contributed by atoms with van der Waals surface area (Å²) in [7, 11) is 0. The number of amides is 1. The second-order valence-corrected chi connectivity index (χ2v) is 7.00. The minimum atomic E-state index is 0.206. The Hall–Kier alpha value is -0.830. The number of benzene rings is 1. The highest BCUT2D eigenvalue weighted by Gasteiger charge is 2.40. The van der Waals surface area contributed by atoms with Gasteiger partial charge in [-0.3, -0.25) is 4.79 Å². The molecule has 20 heavy (non-hydrogen) atoms. The highest BCUT2D eigenvalue weighted by molar-refractivity contribution is 9.09. The highest BCUT2D eigenvalue weighted by Crippen LogP contribution is 2.42. The number of likely N-dealkylation sites (tertiary alicyclic amines) is 1. The molecule has 0 radical (unpaired) electrons. The first kappa shape index (κ1) is 14.1. The molecule has 1 unspecified atom stereocenters. The summed E-state index contributed by atoms with van der Waals surface area (Å²) in [4.78, 5) is 14.3. The van der Waals surface area contributed by atoms with Gasteiger partial charge in [0.05, 0.1) is 0 Å². The molecule has 2 aliphatic rings. The molecule has 3 heteroatoms. The summed E-state index contributed by atoms with van der Waals surface area (Å²) in [5.41, 5.74) is 1.63. The fourth-order valence-corrected chi connectivity index (χ4v) is 4.29. The first-order chi connectivity index (χ1) is 9.73. The third-order valence-electron chi connectivity index (χ3n) is 4.95. The molecule has 1 amide bonds. The van der Waals surface area contributed by atoms with Crippen LogP contribution in [0, 0.1) is 5.92 Å². The lowest BCUT2D eigenvalue weighted by Crippen LogP contribution is -2.40. The van der Waals surface area contributed by atoms with E-state index in [4.69, 9.17) is 0 Å². The van der Waals surface area contributed by atoms with Gasteiger partial charge in [0, 0.05) is 30.3 Å². The van der Waals surface area contributed by atoms with Gasteiger partial charge in [0.15, 0.2) is 0 Å². The molecule has 3 rings (SSSR count). The van der Waals surface area contributed by atoms with Crippen molar-refractivity contribution in [2.45, 2.75) is 37.5 Å². The first-order valence-corrected chi connectivity index (χ1v) is 8.75. The van der Waals surface area contributed by atoms with Gasteiger partial charge in [0.2, 0.25) is 5.91 Å². The van der Waals surface area contributed by atoms with Crippen LogP contribution >= 0.6 is 15.9 Å². The lowest BCUT2D eigenvalue weighted by atomic mass is 9.78. The van der Waals surface area contributed by atoms with Crippen LogP contribution in [-0.2, 0) is 10.2 Å². The van der Waals surface area contributed by atoms with Crippen LogP contribution in [0.2, 0.25) is 0 Å². The molecule has 0 spiro atoms. The molecule has 1 saturated carbocycles. The van der Waals surface area contributed by atoms with E-state index in [2.05, 4.69) is 51.2 Å². The van der Waals surface area contributed by atoms with Crippen LogP contribution in [0.25, 0.3) is 0 Å². The maximum absolute atomic E-state index is 12.2. The zero-order valence-corrected chi connectivity index (χ0v) is 13.4. The number of hydrogen-bond acceptors (Lipinski definition) is 1. The van der Waals surface area contributed by atoms with Crippen molar-refractivity contribution in [3.05, 3.63) is 35.9 Å². The molecule has 108 valence electrons. The monoisotopic (exact) mass is 335 g/mol. The van der Waals surface area contributed by atoms with Gasteiger partial charge in [-0.2, -0.15) is 0 Å². The van der Waals surface area contributed by atoms with Crippen LogP contribution in [0.4, 0.5) is 0 Å². The third-order valence-corrected chi connectivity index (χ3v) is 5.87. The quantitative estimate of drug-likeness (QED) is 0.767. The zero-order chi connectivity index (χ0) is 14.0. The Morgan fingerprint density at radius 3 is 2.50 bits per heavy atom. The van der Waals surface area contributed by atoms with E-state index in [-0.39, 0.29) is 5.41 Å². The molecule has 0 bridgehead atoms. The third kappa shape index (κ3) is 2.65. The van der Waals surface area contributed by atoms with E-state index >= 15 is 0 Å². The number of hydrogen-bond donors (Lipinski definition) is 0. The van der Waals surface area contributed by atoms with Gasteiger partial charge in [0.1, 0.15) is 0 Å². The fourth-order valence-electron chi connectivity index (χ4n) is 3.86. The molecule has 2 nitrogen and oxygen atoms in total. The molecule has 0 aromatic heterocycles. The molecule has 1 aliphatic heterocycles. The summed E-state index contributed by atoms with van der Waals surface area (Å²) in [5, 5.41) is 0.938. The minimum absolute atomic E-state index is 0.206. The van der Waals surface area contributed by atoms with Gasteiger partial charge in [-0.05, 0) is 24.3 Å². The van der Waals surface area contributed by atoms with E-state index in [1.807, 2.05) is 0 Å². The molecule has 1 heterocycles. The topological polar surface area (TPSA) is 20.3 Å². The summed E-state index contributed by atoms with van der Waals surface area (Å²) >= 11 is 3.52. The lowest BCUT2D eigenvalue weighted by molar-refractivity contribution is -0.128. The van der Waals surface area contributed by atoms with E-state index in [0.717, 1.165) is 24.8 Å². The van der Waals surface area contributed by atoms with Crippen LogP contribution in [-0.4, -0.2) is 29.2 Å². The van der Waals surface area contributed by atoms with Crippen LogP contribution in [0.3, 0.4) is 0 Å². The average molecular weight is 336 g/mol. The zero-order valence-electron chi connectivity index (χ0n) is 11.9. The van der Waals surface area contributed by atoms with Crippen molar-refractivity contribution in [1.82, 2.24) is 4.90 Å². The fraction of sp³-hybridized carbons (Fsp3) is 0.588. The molecule has 1 aromatic carbocycles. The van der Waals surface area contributed by atoms with E-state index < -0.39 is 0 Å². The van der Waals surface area contributed by atoms with Crippen molar-refractivity contribution in [1.29, 1.82) is 0 Å². The molecule has 1 aromatic rings. The Morgan fingerprint density at radius 2 is 1.90 bits per heavy atom. The predicted molar refractivity (Wildman–Crippen MR) is 85.1 cm³/mol. The Balaban J connectivity index is 1.80. The Kier molecular flexibility index (Phi) is 4.16. The predicted octanol–water partition coefficient (Wildman–Crippen LogP) is 3.74. The summed E-state index contributed by atoms with van der Waals surface area (Å²) in [6, 6.07) is 10.8. The van der Waals surface area contributed by atoms with Gasteiger partial charge in [-0.15, -0.1) is 0 Å². The van der Waals surface area contributed by atoms with Crippen molar-refractivity contribution in [2.24, 2.45) is 5.92 Å². The maximum atomic E-state index is 12.2. The summed E-state index contributed by atoms with van der Waals surface area (Å²) in [6.45, 7) is 1.85. The first-order valence-electron chi connectivity index (χ1n) is 7.63. The van der Waals surface area contributed by atoms with E-state index in [0.29, 0.717) is 11.8 Å². The second kappa shape index (κ2) is 5.88. The summed E-state index contributed by atoms with van der Waals surface area (Å²) in [5.74, 6) is 0.841. The standard InChI is InChI=1S/C17H22BrNO/c18-11-14-10-16(20)19(12-14)13-17(8-4-5-9-17)15-6-2-1-3-7-15/h1-3,6-7,14H,4-5,8-13H2. The van der Waals surface area contributed by atoms with Crippen LogP contribution < -0.4 is 0 Å².